The molecule has 1 fully saturated rings. The predicted octanol–water partition coefficient (Wildman–Crippen LogP) is 2.80. The fraction of sp³-hybridized carbons (Fsp3) is 0.368. The molecule has 0 bridgehead atoms. The summed E-state index contributed by atoms with van der Waals surface area (Å²) >= 11 is 0. The van der Waals surface area contributed by atoms with Crippen molar-refractivity contribution < 1.29 is 14.3 Å². The van der Waals surface area contributed by atoms with Gasteiger partial charge in [0.1, 0.15) is 0 Å². The molecular weight excluding hydrogens is 318 g/mol. The van der Waals surface area contributed by atoms with Gasteiger partial charge < -0.3 is 19.7 Å². The molecule has 2 heterocycles. The molecule has 1 saturated heterocycles. The maximum Gasteiger partial charge on any atom is 0.317 e. The summed E-state index contributed by atoms with van der Waals surface area (Å²) < 4.78 is 10.7. The number of amides is 2. The highest BCUT2D eigenvalue weighted by Crippen LogP contribution is 2.31. The molecule has 2 amide bonds. The van der Waals surface area contributed by atoms with Crippen LogP contribution >= 0.6 is 0 Å². The Labute approximate surface area is 147 Å². The van der Waals surface area contributed by atoms with Gasteiger partial charge in [-0.25, -0.2) is 4.79 Å². The average Bonchev–Trinajstić information content (AvgIpc) is 3.16. The number of aromatic nitrogens is 1. The van der Waals surface area contributed by atoms with E-state index in [1.165, 1.54) is 5.56 Å². The van der Waals surface area contributed by atoms with E-state index in [2.05, 4.69) is 10.3 Å². The number of benzene rings is 1. The second-order valence-corrected chi connectivity index (χ2v) is 6.02. The quantitative estimate of drug-likeness (QED) is 0.908. The number of nitrogens with one attached hydrogen (secondary N) is 1. The number of hydrogen-bond acceptors (Lipinski definition) is 4. The lowest BCUT2D eigenvalue weighted by Gasteiger charge is -2.19. The zero-order valence-electron chi connectivity index (χ0n) is 14.6. The van der Waals surface area contributed by atoms with Gasteiger partial charge in [0.15, 0.2) is 11.5 Å². The third kappa shape index (κ3) is 3.84. The number of hydrogen-bond donors (Lipinski definition) is 1. The summed E-state index contributed by atoms with van der Waals surface area (Å²) in [6.45, 7) is 1.88. The Bertz CT molecular complexity index is 721. The van der Waals surface area contributed by atoms with E-state index in [9.17, 15) is 4.79 Å². The molecule has 6 nitrogen and oxygen atoms in total. The average molecular weight is 341 g/mol. The Morgan fingerprint density at radius 3 is 2.76 bits per heavy atom. The van der Waals surface area contributed by atoms with E-state index < -0.39 is 0 Å². The molecule has 1 aliphatic heterocycles. The predicted molar refractivity (Wildman–Crippen MR) is 94.9 cm³/mol. The molecule has 1 aromatic carbocycles. The summed E-state index contributed by atoms with van der Waals surface area (Å²) in [5.74, 6) is 1.69. The molecule has 2 aromatic rings. The number of ether oxygens (including phenoxy) is 2. The third-order valence-corrected chi connectivity index (χ3v) is 4.57. The van der Waals surface area contributed by atoms with E-state index in [4.69, 9.17) is 9.47 Å². The van der Waals surface area contributed by atoms with Gasteiger partial charge in [-0.3, -0.25) is 4.98 Å². The molecule has 0 spiro atoms. The summed E-state index contributed by atoms with van der Waals surface area (Å²) in [5, 5.41) is 2.98. The lowest BCUT2D eigenvalue weighted by Crippen LogP contribution is -2.38. The molecule has 1 atom stereocenters. The van der Waals surface area contributed by atoms with Crippen molar-refractivity contribution in [1.29, 1.82) is 0 Å². The van der Waals surface area contributed by atoms with Crippen LogP contribution in [0.3, 0.4) is 0 Å². The van der Waals surface area contributed by atoms with Crippen LogP contribution < -0.4 is 14.8 Å². The molecule has 1 aliphatic rings. The Kier molecular flexibility index (Phi) is 5.38. The van der Waals surface area contributed by atoms with Crippen LogP contribution in [-0.2, 0) is 6.54 Å². The van der Waals surface area contributed by atoms with Crippen LogP contribution in [0.15, 0.2) is 42.7 Å². The Morgan fingerprint density at radius 1 is 1.24 bits per heavy atom. The topological polar surface area (TPSA) is 63.7 Å². The van der Waals surface area contributed by atoms with Gasteiger partial charge in [-0.15, -0.1) is 0 Å². The first-order valence-electron chi connectivity index (χ1n) is 8.35. The molecule has 132 valence electrons. The van der Waals surface area contributed by atoms with Crippen LogP contribution in [0.1, 0.15) is 23.5 Å². The van der Waals surface area contributed by atoms with E-state index in [1.807, 2.05) is 35.2 Å². The summed E-state index contributed by atoms with van der Waals surface area (Å²) in [4.78, 5) is 18.4. The van der Waals surface area contributed by atoms with Crippen molar-refractivity contribution in [3.63, 3.8) is 0 Å². The van der Waals surface area contributed by atoms with Gasteiger partial charge >= 0.3 is 6.03 Å². The van der Waals surface area contributed by atoms with Gasteiger partial charge in [0, 0.05) is 43.5 Å². The van der Waals surface area contributed by atoms with Gasteiger partial charge in [-0.2, -0.15) is 0 Å². The molecule has 0 radical (unpaired) electrons. The van der Waals surface area contributed by atoms with Gasteiger partial charge in [0.25, 0.3) is 0 Å². The van der Waals surface area contributed by atoms with Crippen molar-refractivity contribution in [3.8, 4) is 11.5 Å². The Balaban J connectivity index is 1.59. The number of carbonyl (C=O) groups excluding carboxylic acids is 1. The maximum atomic E-state index is 12.5. The van der Waals surface area contributed by atoms with Gasteiger partial charge in [-0.1, -0.05) is 12.1 Å². The van der Waals surface area contributed by atoms with E-state index >= 15 is 0 Å². The minimum absolute atomic E-state index is 0.0542. The monoisotopic (exact) mass is 341 g/mol. The van der Waals surface area contributed by atoms with E-state index in [-0.39, 0.29) is 6.03 Å². The maximum absolute atomic E-state index is 12.5. The Hall–Kier alpha value is -2.76. The van der Waals surface area contributed by atoms with E-state index in [0.29, 0.717) is 24.0 Å². The number of rotatable bonds is 5. The van der Waals surface area contributed by atoms with Crippen LogP contribution in [0.2, 0.25) is 0 Å². The van der Waals surface area contributed by atoms with E-state index in [0.717, 1.165) is 25.1 Å². The van der Waals surface area contributed by atoms with Gasteiger partial charge in [-0.05, 0) is 30.2 Å². The molecule has 25 heavy (non-hydrogen) atoms. The highest BCUT2D eigenvalue weighted by atomic mass is 16.5. The first-order valence-corrected chi connectivity index (χ1v) is 8.35. The fourth-order valence-corrected chi connectivity index (χ4v) is 3.23. The SMILES string of the molecule is COc1cccc(CNC(=O)N2CCC(c3ccncc3)C2)c1OC. The summed E-state index contributed by atoms with van der Waals surface area (Å²) in [6.07, 6.45) is 4.57. The van der Waals surface area contributed by atoms with Crippen LogP contribution in [-0.4, -0.2) is 43.2 Å². The zero-order valence-corrected chi connectivity index (χ0v) is 14.6. The first kappa shape index (κ1) is 17.1. The standard InChI is InChI=1S/C19H23N3O3/c1-24-17-5-3-4-15(18(17)25-2)12-21-19(23)22-11-8-16(13-22)14-6-9-20-10-7-14/h3-7,9-10,16H,8,11-13H2,1-2H3,(H,21,23). The molecule has 0 saturated carbocycles. The van der Waals surface area contributed by atoms with Gasteiger partial charge in [0.2, 0.25) is 0 Å². The molecule has 3 rings (SSSR count). The highest BCUT2D eigenvalue weighted by Gasteiger charge is 2.27. The highest BCUT2D eigenvalue weighted by molar-refractivity contribution is 5.74. The van der Waals surface area contributed by atoms with Gasteiger partial charge in [0.05, 0.1) is 14.2 Å². The molecule has 1 N–H and O–H groups in total. The number of pyridine rings is 1. The number of carbonyl (C=O) groups is 1. The molecule has 1 unspecified atom stereocenters. The number of methoxy groups -OCH3 is 2. The summed E-state index contributed by atoms with van der Waals surface area (Å²) in [7, 11) is 3.20. The van der Waals surface area contributed by atoms with Crippen LogP contribution in [0.25, 0.3) is 0 Å². The second kappa shape index (κ2) is 7.88. The third-order valence-electron chi connectivity index (χ3n) is 4.57. The van der Waals surface area contributed by atoms with Crippen molar-refractivity contribution in [3.05, 3.63) is 53.9 Å². The largest absolute Gasteiger partial charge is 0.493 e. The van der Waals surface area contributed by atoms with Crippen LogP contribution in [0.4, 0.5) is 4.79 Å². The van der Waals surface area contributed by atoms with Crippen molar-refractivity contribution in [2.75, 3.05) is 27.3 Å². The number of nitrogens with zero attached hydrogens (tertiary/aromatic N) is 2. The van der Waals surface area contributed by atoms with E-state index in [1.54, 1.807) is 26.6 Å². The van der Waals surface area contributed by atoms with Crippen molar-refractivity contribution in [2.24, 2.45) is 0 Å². The molecule has 1 aromatic heterocycles. The fourth-order valence-electron chi connectivity index (χ4n) is 3.23. The lowest BCUT2D eigenvalue weighted by molar-refractivity contribution is 0.207. The Morgan fingerprint density at radius 2 is 2.04 bits per heavy atom. The summed E-state index contributed by atoms with van der Waals surface area (Å²) in [5.41, 5.74) is 2.12. The summed E-state index contributed by atoms with van der Waals surface area (Å²) in [6, 6.07) is 9.63. The zero-order chi connectivity index (χ0) is 17.6. The minimum atomic E-state index is -0.0542. The van der Waals surface area contributed by atoms with Crippen molar-refractivity contribution >= 4 is 6.03 Å². The number of para-hydroxylation sites is 1. The molecule has 0 aliphatic carbocycles. The van der Waals surface area contributed by atoms with Crippen molar-refractivity contribution in [1.82, 2.24) is 15.2 Å². The first-order chi connectivity index (χ1) is 12.2. The van der Waals surface area contributed by atoms with Crippen LogP contribution in [0.5, 0.6) is 11.5 Å². The normalized spacial score (nSPS) is 16.6. The molecule has 6 heteroatoms. The lowest BCUT2D eigenvalue weighted by atomic mass is 10.00. The molecular formula is C19H23N3O3. The smallest absolute Gasteiger partial charge is 0.317 e. The van der Waals surface area contributed by atoms with Crippen LogP contribution in [0, 0.1) is 0 Å². The minimum Gasteiger partial charge on any atom is -0.493 e. The van der Waals surface area contributed by atoms with Crippen molar-refractivity contribution in [2.45, 2.75) is 18.9 Å². The number of urea groups is 1. The second-order valence-electron chi connectivity index (χ2n) is 6.02. The number of likely N-dealkylation sites (tertiary alicyclic amines) is 1.